The van der Waals surface area contributed by atoms with Crippen LogP contribution in [0.2, 0.25) is 0 Å². The van der Waals surface area contributed by atoms with E-state index in [1.54, 1.807) is 5.48 Å². The third-order valence-electron chi connectivity index (χ3n) is 4.50. The lowest BCUT2D eigenvalue weighted by molar-refractivity contribution is -0.147. The number of nitrogens with one attached hydrogen (secondary N) is 2. The standard InChI is InChI=1S/C21H30N2O5.C2H2/c1-5-9-16(20(25)23-27)17(12-14(2)3)19(24)22-18(21(26)28-4)13-15-10-7-6-8-11-15;1-2/h5-8,10-11,14,16-18,27H,1,9,12-13H2,2-4H3,(H,22,24)(H,23,25);1-2H/t16?,17-,18?;/m1./s1. The van der Waals surface area contributed by atoms with Crippen molar-refractivity contribution in [2.24, 2.45) is 17.8 Å². The Hall–Kier alpha value is -3.11. The van der Waals surface area contributed by atoms with Crippen LogP contribution in [-0.2, 0) is 25.5 Å². The van der Waals surface area contributed by atoms with Crippen LogP contribution >= 0.6 is 0 Å². The van der Waals surface area contributed by atoms with Crippen molar-refractivity contribution in [3.8, 4) is 12.8 Å². The summed E-state index contributed by atoms with van der Waals surface area (Å²) in [7, 11) is 1.26. The van der Waals surface area contributed by atoms with Crippen LogP contribution in [0.3, 0.4) is 0 Å². The average Bonchev–Trinajstić information content (AvgIpc) is 2.76. The predicted molar refractivity (Wildman–Crippen MR) is 115 cm³/mol. The predicted octanol–water partition coefficient (Wildman–Crippen LogP) is 2.50. The maximum atomic E-state index is 13.0. The van der Waals surface area contributed by atoms with Gasteiger partial charge in [-0.2, -0.15) is 0 Å². The molecule has 7 nitrogen and oxygen atoms in total. The highest BCUT2D eigenvalue weighted by molar-refractivity contribution is 5.90. The lowest BCUT2D eigenvalue weighted by Gasteiger charge is -2.27. The van der Waals surface area contributed by atoms with E-state index >= 15 is 0 Å². The smallest absolute Gasteiger partial charge is 0.328 e. The highest BCUT2D eigenvalue weighted by atomic mass is 16.5. The molecular formula is C23H32N2O5. The number of hydrogen-bond donors (Lipinski definition) is 3. The fraction of sp³-hybridized carbons (Fsp3) is 0.435. The molecular weight excluding hydrogens is 384 g/mol. The second kappa shape index (κ2) is 14.8. The normalized spacial score (nSPS) is 13.0. The number of terminal acetylenes is 1. The monoisotopic (exact) mass is 416 g/mol. The molecule has 1 aromatic rings. The first-order chi connectivity index (χ1) is 14.3. The number of rotatable bonds is 11. The van der Waals surface area contributed by atoms with Crippen LogP contribution in [0, 0.1) is 30.6 Å². The molecule has 0 aliphatic rings. The highest BCUT2D eigenvalue weighted by Crippen LogP contribution is 2.25. The number of benzene rings is 1. The number of ether oxygens (including phenoxy) is 1. The van der Waals surface area contributed by atoms with Gasteiger partial charge in [-0.25, -0.2) is 10.3 Å². The second-order valence-electron chi connectivity index (χ2n) is 7.12. The van der Waals surface area contributed by atoms with Crippen LogP contribution in [-0.4, -0.2) is 36.1 Å². The van der Waals surface area contributed by atoms with Crippen molar-refractivity contribution < 1.29 is 24.3 Å². The molecule has 2 amide bonds. The van der Waals surface area contributed by atoms with E-state index in [2.05, 4.69) is 24.7 Å². The van der Waals surface area contributed by atoms with E-state index in [0.29, 0.717) is 6.42 Å². The van der Waals surface area contributed by atoms with Gasteiger partial charge in [-0.1, -0.05) is 50.3 Å². The summed E-state index contributed by atoms with van der Waals surface area (Å²) in [4.78, 5) is 37.3. The van der Waals surface area contributed by atoms with Gasteiger partial charge in [0, 0.05) is 6.42 Å². The van der Waals surface area contributed by atoms with Crippen LogP contribution in [0.1, 0.15) is 32.3 Å². The fourth-order valence-corrected chi connectivity index (χ4v) is 3.14. The molecule has 0 heterocycles. The summed E-state index contributed by atoms with van der Waals surface area (Å²) in [5.41, 5.74) is 2.50. The first-order valence-electron chi connectivity index (χ1n) is 9.64. The molecule has 0 fully saturated rings. The first kappa shape index (κ1) is 26.9. The molecule has 3 N–H and O–H groups in total. The third kappa shape index (κ3) is 8.93. The third-order valence-corrected chi connectivity index (χ3v) is 4.50. The van der Waals surface area contributed by atoms with Gasteiger partial charge in [0.2, 0.25) is 11.8 Å². The van der Waals surface area contributed by atoms with Gasteiger partial charge in [-0.3, -0.25) is 14.8 Å². The molecule has 0 spiro atoms. The summed E-state index contributed by atoms with van der Waals surface area (Å²) in [5.74, 6) is -3.05. The Bertz CT molecular complexity index is 700. The number of carbonyl (C=O) groups excluding carboxylic acids is 3. The summed E-state index contributed by atoms with van der Waals surface area (Å²) in [6, 6.07) is 8.38. The largest absolute Gasteiger partial charge is 0.467 e. The molecule has 164 valence electrons. The van der Waals surface area contributed by atoms with E-state index in [0.717, 1.165) is 5.56 Å². The number of esters is 1. The van der Waals surface area contributed by atoms with E-state index in [4.69, 9.17) is 9.94 Å². The number of methoxy groups -OCH3 is 1. The Labute approximate surface area is 178 Å². The minimum absolute atomic E-state index is 0.125. The molecule has 0 radical (unpaired) electrons. The van der Waals surface area contributed by atoms with Crippen LogP contribution in [0.4, 0.5) is 0 Å². The van der Waals surface area contributed by atoms with Crippen molar-refractivity contribution in [2.75, 3.05) is 7.11 Å². The maximum Gasteiger partial charge on any atom is 0.328 e. The van der Waals surface area contributed by atoms with E-state index in [9.17, 15) is 14.4 Å². The van der Waals surface area contributed by atoms with Gasteiger partial charge in [0.25, 0.3) is 0 Å². The van der Waals surface area contributed by atoms with Crippen LogP contribution in [0.5, 0.6) is 0 Å². The Morgan fingerprint density at radius 1 is 1.13 bits per heavy atom. The van der Waals surface area contributed by atoms with E-state index < -0.39 is 35.7 Å². The van der Waals surface area contributed by atoms with Crippen molar-refractivity contribution in [3.63, 3.8) is 0 Å². The lowest BCUT2D eigenvalue weighted by Crippen LogP contribution is -2.49. The van der Waals surface area contributed by atoms with Crippen molar-refractivity contribution in [1.29, 1.82) is 0 Å². The number of hydrogen-bond acceptors (Lipinski definition) is 5. The van der Waals surface area contributed by atoms with Gasteiger partial charge in [-0.05, 0) is 24.3 Å². The highest BCUT2D eigenvalue weighted by Gasteiger charge is 2.35. The molecule has 0 aromatic heterocycles. The molecule has 3 atom stereocenters. The van der Waals surface area contributed by atoms with Crippen molar-refractivity contribution in [1.82, 2.24) is 10.8 Å². The van der Waals surface area contributed by atoms with Gasteiger partial charge < -0.3 is 10.1 Å². The Morgan fingerprint density at radius 2 is 1.73 bits per heavy atom. The summed E-state index contributed by atoms with van der Waals surface area (Å²) in [6.45, 7) is 7.50. The molecule has 7 heteroatoms. The Balaban J connectivity index is 0.00000407. The molecule has 0 aliphatic carbocycles. The Morgan fingerprint density at radius 3 is 2.20 bits per heavy atom. The minimum atomic E-state index is -0.879. The summed E-state index contributed by atoms with van der Waals surface area (Å²) < 4.78 is 4.83. The number of hydroxylamine groups is 1. The maximum absolute atomic E-state index is 13.0. The van der Waals surface area contributed by atoms with Crippen molar-refractivity contribution in [3.05, 3.63) is 48.6 Å². The van der Waals surface area contributed by atoms with Crippen molar-refractivity contribution >= 4 is 17.8 Å². The van der Waals surface area contributed by atoms with Crippen LogP contribution in [0.25, 0.3) is 0 Å². The van der Waals surface area contributed by atoms with Gasteiger partial charge in [0.1, 0.15) is 6.04 Å². The topological polar surface area (TPSA) is 105 Å². The first-order valence-corrected chi connectivity index (χ1v) is 9.64. The van der Waals surface area contributed by atoms with Gasteiger partial charge in [0.05, 0.1) is 18.9 Å². The lowest BCUT2D eigenvalue weighted by atomic mass is 9.82. The zero-order chi connectivity index (χ0) is 23.1. The minimum Gasteiger partial charge on any atom is -0.467 e. The molecule has 0 saturated heterocycles. The molecule has 1 aromatic carbocycles. The second-order valence-corrected chi connectivity index (χ2v) is 7.12. The number of allylic oxidation sites excluding steroid dienone is 1. The zero-order valence-electron chi connectivity index (χ0n) is 17.8. The van der Waals surface area contributed by atoms with E-state index in [1.807, 2.05) is 44.2 Å². The van der Waals surface area contributed by atoms with Crippen molar-refractivity contribution in [2.45, 2.75) is 39.2 Å². The van der Waals surface area contributed by atoms with E-state index in [1.165, 1.54) is 13.2 Å². The van der Waals surface area contributed by atoms with Gasteiger partial charge in [-0.15, -0.1) is 19.4 Å². The number of amides is 2. The van der Waals surface area contributed by atoms with E-state index in [-0.39, 0.29) is 18.8 Å². The zero-order valence-corrected chi connectivity index (χ0v) is 17.8. The summed E-state index contributed by atoms with van der Waals surface area (Å²) in [6.07, 6.45) is 10.4. The number of carbonyl (C=O) groups is 3. The summed E-state index contributed by atoms with van der Waals surface area (Å²) in [5, 5.41) is 11.8. The molecule has 0 aliphatic heterocycles. The molecule has 2 unspecified atom stereocenters. The van der Waals surface area contributed by atoms with Crippen LogP contribution in [0.15, 0.2) is 43.0 Å². The fourth-order valence-electron chi connectivity index (χ4n) is 3.14. The molecule has 0 saturated carbocycles. The van der Waals surface area contributed by atoms with Gasteiger partial charge in [0.15, 0.2) is 0 Å². The van der Waals surface area contributed by atoms with Gasteiger partial charge >= 0.3 is 5.97 Å². The summed E-state index contributed by atoms with van der Waals surface area (Å²) >= 11 is 0. The average molecular weight is 417 g/mol. The quantitative estimate of drug-likeness (QED) is 0.169. The molecule has 1 rings (SSSR count). The van der Waals surface area contributed by atoms with Crippen LogP contribution < -0.4 is 10.8 Å². The molecule has 0 bridgehead atoms. The Kier molecular flexibility index (Phi) is 13.3. The SMILES string of the molecule is C#C.C=CCC(C(=O)NO)[C@@H](CC(C)C)C(=O)NC(Cc1ccccc1)C(=O)OC. The molecule has 30 heavy (non-hydrogen) atoms.